The van der Waals surface area contributed by atoms with Crippen molar-refractivity contribution in [3.05, 3.63) is 29.3 Å². The van der Waals surface area contributed by atoms with Crippen LogP contribution in [0.5, 0.6) is 5.75 Å². The Bertz CT molecular complexity index is 402. The van der Waals surface area contributed by atoms with Crippen LogP contribution in [0, 0.1) is 12.8 Å². The van der Waals surface area contributed by atoms with E-state index in [1.54, 1.807) is 0 Å². The Hall–Kier alpha value is -1.06. The van der Waals surface area contributed by atoms with Gasteiger partial charge < -0.3 is 15.6 Å². The first-order valence-electron chi connectivity index (χ1n) is 7.00. The smallest absolute Gasteiger partial charge is 0.137 e. The summed E-state index contributed by atoms with van der Waals surface area (Å²) < 4.78 is 5.83. The van der Waals surface area contributed by atoms with Crippen LogP contribution in [0.3, 0.4) is 0 Å². The van der Waals surface area contributed by atoms with E-state index in [2.05, 4.69) is 26.8 Å². The Labute approximate surface area is 116 Å². The molecule has 0 radical (unpaired) electrons. The van der Waals surface area contributed by atoms with Gasteiger partial charge in [-0.05, 0) is 42.0 Å². The van der Waals surface area contributed by atoms with E-state index < -0.39 is 0 Å². The molecule has 0 bridgehead atoms. The van der Waals surface area contributed by atoms with Gasteiger partial charge in [0.25, 0.3) is 0 Å². The zero-order valence-corrected chi connectivity index (χ0v) is 12.7. The van der Waals surface area contributed by atoms with Crippen molar-refractivity contribution in [1.29, 1.82) is 0 Å². The minimum atomic E-state index is -0.357. The molecule has 1 rings (SSSR count). The number of hydrogen-bond donors (Lipinski definition) is 2. The quantitative estimate of drug-likeness (QED) is 0.831. The fourth-order valence-corrected chi connectivity index (χ4v) is 2.21. The molecular formula is C16H27NO2. The van der Waals surface area contributed by atoms with E-state index >= 15 is 0 Å². The largest absolute Gasteiger partial charge is 0.486 e. The summed E-state index contributed by atoms with van der Waals surface area (Å²) in [5.41, 5.74) is 8.58. The highest BCUT2D eigenvalue weighted by molar-refractivity contribution is 5.36. The highest BCUT2D eigenvalue weighted by Crippen LogP contribution is 2.24. The van der Waals surface area contributed by atoms with Gasteiger partial charge in [0.1, 0.15) is 11.9 Å². The number of benzene rings is 1. The predicted molar refractivity (Wildman–Crippen MR) is 79.6 cm³/mol. The molecule has 3 nitrogen and oxygen atoms in total. The van der Waals surface area contributed by atoms with E-state index in [0.29, 0.717) is 5.92 Å². The Balaban J connectivity index is 2.84. The summed E-state index contributed by atoms with van der Waals surface area (Å²) >= 11 is 0. The van der Waals surface area contributed by atoms with Gasteiger partial charge in [-0.25, -0.2) is 0 Å². The molecule has 0 heterocycles. The van der Waals surface area contributed by atoms with Crippen LogP contribution < -0.4 is 10.5 Å². The second-order valence-electron chi connectivity index (χ2n) is 5.83. The molecule has 108 valence electrons. The van der Waals surface area contributed by atoms with Gasteiger partial charge in [0, 0.05) is 6.04 Å². The van der Waals surface area contributed by atoms with Gasteiger partial charge in [0.05, 0.1) is 6.61 Å². The summed E-state index contributed by atoms with van der Waals surface area (Å²) in [7, 11) is 0. The molecule has 0 amide bonds. The van der Waals surface area contributed by atoms with Crippen molar-refractivity contribution in [3.8, 4) is 5.75 Å². The summed E-state index contributed by atoms with van der Waals surface area (Å²) in [5, 5.41) is 9.41. The summed E-state index contributed by atoms with van der Waals surface area (Å²) in [6.45, 7) is 10.4. The highest BCUT2D eigenvalue weighted by atomic mass is 16.5. The minimum Gasteiger partial charge on any atom is -0.486 e. The molecule has 0 aliphatic rings. The van der Waals surface area contributed by atoms with Crippen LogP contribution >= 0.6 is 0 Å². The standard InChI is InChI=1S/C16H27NO2/c1-10(2)14-7-6-13(8-12(14)5)19-15(9-18)16(17)11(3)4/h6-8,10-11,15-16,18H,9,17H2,1-5H3. The van der Waals surface area contributed by atoms with Crippen molar-refractivity contribution >= 4 is 0 Å². The van der Waals surface area contributed by atoms with E-state index in [4.69, 9.17) is 10.5 Å². The summed E-state index contributed by atoms with van der Waals surface area (Å²) in [4.78, 5) is 0. The van der Waals surface area contributed by atoms with Crippen LogP contribution in [-0.4, -0.2) is 23.9 Å². The monoisotopic (exact) mass is 265 g/mol. The van der Waals surface area contributed by atoms with Gasteiger partial charge in [0.15, 0.2) is 0 Å². The molecule has 2 atom stereocenters. The Kier molecular flexibility index (Phi) is 5.83. The molecule has 0 saturated heterocycles. The van der Waals surface area contributed by atoms with Gasteiger partial charge in [-0.15, -0.1) is 0 Å². The average molecular weight is 265 g/mol. The number of ether oxygens (including phenoxy) is 1. The van der Waals surface area contributed by atoms with Crippen molar-refractivity contribution in [2.45, 2.75) is 52.7 Å². The van der Waals surface area contributed by atoms with Crippen LogP contribution in [-0.2, 0) is 0 Å². The molecular weight excluding hydrogens is 238 g/mol. The topological polar surface area (TPSA) is 55.5 Å². The lowest BCUT2D eigenvalue weighted by molar-refractivity contribution is 0.0810. The van der Waals surface area contributed by atoms with E-state index in [-0.39, 0.29) is 24.7 Å². The predicted octanol–water partition coefficient (Wildman–Crippen LogP) is 2.84. The Morgan fingerprint density at radius 1 is 1.21 bits per heavy atom. The normalized spacial score (nSPS) is 14.8. The number of hydrogen-bond acceptors (Lipinski definition) is 3. The lowest BCUT2D eigenvalue weighted by atomic mass is 9.97. The molecule has 1 aromatic rings. The Morgan fingerprint density at radius 3 is 2.26 bits per heavy atom. The van der Waals surface area contributed by atoms with Gasteiger partial charge in [-0.2, -0.15) is 0 Å². The lowest BCUT2D eigenvalue weighted by Gasteiger charge is -2.26. The lowest BCUT2D eigenvalue weighted by Crippen LogP contribution is -2.45. The van der Waals surface area contributed by atoms with Crippen LogP contribution in [0.1, 0.15) is 44.7 Å². The molecule has 0 aromatic heterocycles. The van der Waals surface area contributed by atoms with E-state index in [0.717, 1.165) is 5.75 Å². The first kappa shape index (κ1) is 16.0. The molecule has 3 N–H and O–H groups in total. The molecule has 0 aliphatic carbocycles. The van der Waals surface area contributed by atoms with Crippen molar-refractivity contribution in [2.24, 2.45) is 11.7 Å². The van der Waals surface area contributed by atoms with Crippen molar-refractivity contribution in [2.75, 3.05) is 6.61 Å². The van der Waals surface area contributed by atoms with Crippen molar-refractivity contribution in [1.82, 2.24) is 0 Å². The molecule has 0 saturated carbocycles. The van der Waals surface area contributed by atoms with Gasteiger partial charge >= 0.3 is 0 Å². The maximum atomic E-state index is 9.41. The van der Waals surface area contributed by atoms with E-state index in [1.165, 1.54) is 11.1 Å². The van der Waals surface area contributed by atoms with Crippen LogP contribution in [0.25, 0.3) is 0 Å². The molecule has 19 heavy (non-hydrogen) atoms. The first-order valence-corrected chi connectivity index (χ1v) is 7.00. The molecule has 1 aromatic carbocycles. The average Bonchev–Trinajstić information content (AvgIpc) is 2.34. The summed E-state index contributed by atoms with van der Waals surface area (Å²) in [6, 6.07) is 5.89. The van der Waals surface area contributed by atoms with Crippen LogP contribution in [0.4, 0.5) is 0 Å². The minimum absolute atomic E-state index is 0.0652. The highest BCUT2D eigenvalue weighted by Gasteiger charge is 2.22. The van der Waals surface area contributed by atoms with Gasteiger partial charge in [-0.1, -0.05) is 33.8 Å². The second kappa shape index (κ2) is 6.92. The fraction of sp³-hybridized carbons (Fsp3) is 0.625. The second-order valence-corrected chi connectivity index (χ2v) is 5.83. The third-order valence-corrected chi connectivity index (χ3v) is 3.53. The number of aryl methyl sites for hydroxylation is 1. The molecule has 0 fully saturated rings. The maximum absolute atomic E-state index is 9.41. The van der Waals surface area contributed by atoms with Crippen LogP contribution in [0.15, 0.2) is 18.2 Å². The van der Waals surface area contributed by atoms with E-state index in [1.807, 2.05) is 26.0 Å². The van der Waals surface area contributed by atoms with Gasteiger partial charge in [-0.3, -0.25) is 0 Å². The van der Waals surface area contributed by atoms with Gasteiger partial charge in [0.2, 0.25) is 0 Å². The van der Waals surface area contributed by atoms with E-state index in [9.17, 15) is 5.11 Å². The number of aliphatic hydroxyl groups is 1. The van der Waals surface area contributed by atoms with Crippen molar-refractivity contribution in [3.63, 3.8) is 0 Å². The molecule has 0 aliphatic heterocycles. The maximum Gasteiger partial charge on any atom is 0.137 e. The number of rotatable bonds is 6. The Morgan fingerprint density at radius 2 is 1.84 bits per heavy atom. The first-order chi connectivity index (χ1) is 8.86. The van der Waals surface area contributed by atoms with Crippen molar-refractivity contribution < 1.29 is 9.84 Å². The molecule has 2 unspecified atom stereocenters. The zero-order valence-electron chi connectivity index (χ0n) is 12.7. The van der Waals surface area contributed by atoms with Crippen LogP contribution in [0.2, 0.25) is 0 Å². The fourth-order valence-electron chi connectivity index (χ4n) is 2.21. The molecule has 3 heteroatoms. The molecule has 0 spiro atoms. The number of aliphatic hydroxyl groups excluding tert-OH is 1. The summed E-state index contributed by atoms with van der Waals surface area (Å²) in [5.74, 6) is 1.55. The SMILES string of the molecule is Cc1cc(OC(CO)C(N)C(C)C)ccc1C(C)C. The number of nitrogens with two attached hydrogens (primary N) is 1. The third kappa shape index (κ3) is 4.22. The summed E-state index contributed by atoms with van der Waals surface area (Å²) in [6.07, 6.45) is -0.357. The third-order valence-electron chi connectivity index (χ3n) is 3.53. The zero-order chi connectivity index (χ0) is 14.6.